The van der Waals surface area contributed by atoms with E-state index in [-0.39, 0.29) is 76.6 Å². The molecule has 266 valence electrons. The topological polar surface area (TPSA) is 113 Å². The normalized spacial score (nSPS) is 52.0. The van der Waals surface area contributed by atoms with Crippen LogP contribution in [0.1, 0.15) is 99.3 Å². The number of morpholine rings is 1. The van der Waals surface area contributed by atoms with E-state index in [0.29, 0.717) is 24.3 Å². The van der Waals surface area contributed by atoms with Crippen LogP contribution in [0.3, 0.4) is 0 Å². The number of aliphatic hydroxyl groups is 1. The maximum atomic E-state index is 12.3. The average Bonchev–Trinajstić information content (AvgIpc) is 3.61. The van der Waals surface area contributed by atoms with Gasteiger partial charge in [-0.15, -0.1) is 0 Å². The van der Waals surface area contributed by atoms with E-state index in [1.54, 1.807) is 0 Å². The molecule has 13 atom stereocenters. The largest absolute Gasteiger partial charge is 0.463 e. The van der Waals surface area contributed by atoms with Crippen LogP contribution in [-0.2, 0) is 28.5 Å². The molecule has 47 heavy (non-hydrogen) atoms. The van der Waals surface area contributed by atoms with Crippen LogP contribution in [0.2, 0.25) is 0 Å². The lowest BCUT2D eigenvalue weighted by Gasteiger charge is -2.63. The second kappa shape index (κ2) is 11.3. The van der Waals surface area contributed by atoms with Crippen LogP contribution >= 0.6 is 0 Å². The molecule has 8 fully saturated rings. The van der Waals surface area contributed by atoms with Crippen LogP contribution in [0.4, 0.5) is 0 Å². The summed E-state index contributed by atoms with van der Waals surface area (Å²) in [4.78, 5) is 14.8. The molecule has 5 aliphatic carbocycles. The molecule has 0 aromatic carbocycles. The number of rotatable bonds is 7. The van der Waals surface area contributed by atoms with Gasteiger partial charge >= 0.3 is 5.97 Å². The number of ether oxygens (including phenoxy) is 5. The fourth-order valence-corrected chi connectivity index (χ4v) is 13.6. The third kappa shape index (κ3) is 4.68. The first-order valence-corrected chi connectivity index (χ1v) is 19.1. The smallest absolute Gasteiger partial charge is 0.306 e. The molecule has 0 radical (unpaired) electrons. The van der Waals surface area contributed by atoms with E-state index in [4.69, 9.17) is 29.4 Å². The quantitative estimate of drug-likeness (QED) is 0.382. The monoisotopic (exact) mass is 658 g/mol. The first-order chi connectivity index (χ1) is 22.3. The van der Waals surface area contributed by atoms with E-state index in [9.17, 15) is 9.90 Å². The van der Waals surface area contributed by atoms with Crippen LogP contribution in [0.25, 0.3) is 0 Å². The van der Waals surface area contributed by atoms with Crippen molar-refractivity contribution in [3.8, 4) is 0 Å². The van der Waals surface area contributed by atoms with Crippen LogP contribution in [0, 0.1) is 51.2 Å². The third-order valence-corrected chi connectivity index (χ3v) is 15.8. The summed E-state index contributed by atoms with van der Waals surface area (Å²) in [6.07, 6.45) is 7.96. The number of carbonyl (C=O) groups excluding carboxylic acids is 1. The molecule has 3 N–H and O–H groups in total. The Bertz CT molecular complexity index is 1230. The van der Waals surface area contributed by atoms with Gasteiger partial charge in [-0.05, 0) is 103 Å². The molecule has 0 amide bonds. The average molecular weight is 659 g/mol. The van der Waals surface area contributed by atoms with Crippen LogP contribution in [0.15, 0.2) is 0 Å². The number of nitrogens with two attached hydrogens (primary N) is 1. The lowest BCUT2D eigenvalue weighted by atomic mass is 9.43. The highest BCUT2D eigenvalue weighted by Crippen LogP contribution is 2.87. The van der Waals surface area contributed by atoms with Crippen LogP contribution in [-0.4, -0.2) is 97.8 Å². The van der Waals surface area contributed by atoms with Gasteiger partial charge in [0.2, 0.25) is 0 Å². The van der Waals surface area contributed by atoms with Crippen molar-refractivity contribution < 1.29 is 33.6 Å². The Hall–Kier alpha value is -0.810. The molecule has 5 saturated carbocycles. The zero-order chi connectivity index (χ0) is 33.1. The van der Waals surface area contributed by atoms with Gasteiger partial charge in [0.25, 0.3) is 0 Å². The highest BCUT2D eigenvalue weighted by Gasteiger charge is 2.85. The van der Waals surface area contributed by atoms with Gasteiger partial charge < -0.3 is 34.5 Å². The standard InChI is InChI=1S/C38H62N2O7/c1-22(2)15-29(41)45-20-25-16-23(3)31-32(46-25)33(42)38(39)27-8-7-26-34(4,5)28(47-30-17-40(13-14-44-30)24-18-43-19-24)9-10-36(26)21-37(27,36)12-11-35(31,38)6/h22-28,30-33,42H,7-21,39H2,1-6H3. The summed E-state index contributed by atoms with van der Waals surface area (Å²) in [6, 6.07) is 0.510. The molecule has 13 unspecified atom stereocenters. The second-order valence-electron chi connectivity index (χ2n) is 18.7. The fourth-order valence-electron chi connectivity index (χ4n) is 13.6. The molecule has 2 spiro atoms. The molecule has 0 bridgehead atoms. The molecule has 8 aliphatic rings. The Balaban J connectivity index is 0.986. The second-order valence-corrected chi connectivity index (χ2v) is 18.7. The van der Waals surface area contributed by atoms with Gasteiger partial charge in [0.05, 0.1) is 62.4 Å². The molecule has 0 aromatic heterocycles. The Morgan fingerprint density at radius 3 is 2.53 bits per heavy atom. The van der Waals surface area contributed by atoms with E-state index in [1.165, 1.54) is 19.3 Å². The van der Waals surface area contributed by atoms with E-state index < -0.39 is 11.6 Å². The molecule has 9 heteroatoms. The lowest BCUT2D eigenvalue weighted by Crippen LogP contribution is -2.70. The summed E-state index contributed by atoms with van der Waals surface area (Å²) >= 11 is 0. The number of hydrogen-bond acceptors (Lipinski definition) is 9. The maximum Gasteiger partial charge on any atom is 0.306 e. The van der Waals surface area contributed by atoms with Crippen molar-refractivity contribution >= 4 is 5.97 Å². The molecule has 3 saturated heterocycles. The minimum Gasteiger partial charge on any atom is -0.463 e. The minimum atomic E-state index is -0.717. The van der Waals surface area contributed by atoms with E-state index in [0.717, 1.165) is 65.0 Å². The van der Waals surface area contributed by atoms with Gasteiger partial charge in [0.15, 0.2) is 6.29 Å². The van der Waals surface area contributed by atoms with Crippen molar-refractivity contribution in [2.75, 3.05) is 39.5 Å². The van der Waals surface area contributed by atoms with E-state index >= 15 is 0 Å². The molecule has 3 heterocycles. The van der Waals surface area contributed by atoms with Crippen molar-refractivity contribution in [1.82, 2.24) is 4.90 Å². The van der Waals surface area contributed by atoms with Crippen LogP contribution < -0.4 is 5.73 Å². The Labute approximate surface area is 282 Å². The molecule has 3 aliphatic heterocycles. The molecule has 9 nitrogen and oxygen atoms in total. The molecule has 8 rings (SSSR count). The van der Waals surface area contributed by atoms with Crippen molar-refractivity contribution in [2.24, 2.45) is 57.0 Å². The van der Waals surface area contributed by atoms with E-state index in [1.807, 2.05) is 13.8 Å². The number of fused-ring (bicyclic) bond motifs is 4. The predicted octanol–water partition coefficient (Wildman–Crippen LogP) is 4.52. The van der Waals surface area contributed by atoms with Gasteiger partial charge in [-0.3, -0.25) is 9.69 Å². The highest BCUT2D eigenvalue weighted by atomic mass is 16.7. The lowest BCUT2D eigenvalue weighted by molar-refractivity contribution is -0.254. The summed E-state index contributed by atoms with van der Waals surface area (Å²) in [7, 11) is 0. The summed E-state index contributed by atoms with van der Waals surface area (Å²) in [5.74, 6) is 1.51. The Morgan fingerprint density at radius 1 is 1.06 bits per heavy atom. The van der Waals surface area contributed by atoms with Gasteiger partial charge in [0, 0.05) is 13.0 Å². The summed E-state index contributed by atoms with van der Waals surface area (Å²) < 4.78 is 30.9. The SMILES string of the molecule is CC(C)CC(=O)OCC1CC(C)C2C(O1)C(O)C1(N)C3CCC4C(C)(C)C(OC5CN(C6COC6)CCO5)CCC45CC35CCC21C. The number of hydrogen-bond donors (Lipinski definition) is 2. The van der Waals surface area contributed by atoms with Crippen molar-refractivity contribution in [1.29, 1.82) is 0 Å². The molecule has 0 aromatic rings. The highest BCUT2D eigenvalue weighted by molar-refractivity contribution is 5.69. The van der Waals surface area contributed by atoms with Gasteiger partial charge in [-0.25, -0.2) is 0 Å². The minimum absolute atomic E-state index is 0.0422. The Kier molecular flexibility index (Phi) is 8.05. The van der Waals surface area contributed by atoms with E-state index in [2.05, 4.69) is 32.6 Å². The maximum absolute atomic E-state index is 12.3. The summed E-state index contributed by atoms with van der Waals surface area (Å²) in [5.41, 5.74) is 7.42. The zero-order valence-electron chi connectivity index (χ0n) is 29.9. The number of carbonyl (C=O) groups is 1. The van der Waals surface area contributed by atoms with Gasteiger partial charge in [-0.2, -0.15) is 0 Å². The molecular weight excluding hydrogens is 596 g/mol. The van der Waals surface area contributed by atoms with Crippen molar-refractivity contribution in [2.45, 2.75) is 142 Å². The third-order valence-electron chi connectivity index (χ3n) is 15.8. The fraction of sp³-hybridized carbons (Fsp3) is 0.974. The van der Waals surface area contributed by atoms with Crippen molar-refractivity contribution in [3.05, 3.63) is 0 Å². The number of aliphatic hydroxyl groups excluding tert-OH is 1. The number of esters is 1. The molecular formula is C38H62N2O7. The first kappa shape index (κ1) is 33.3. The number of nitrogens with zero attached hydrogens (tertiary/aromatic N) is 1. The van der Waals surface area contributed by atoms with Crippen molar-refractivity contribution in [3.63, 3.8) is 0 Å². The summed E-state index contributed by atoms with van der Waals surface area (Å²) in [6.45, 7) is 18.1. The Morgan fingerprint density at radius 2 is 1.81 bits per heavy atom. The van der Waals surface area contributed by atoms with Gasteiger partial charge in [-0.1, -0.05) is 41.5 Å². The first-order valence-electron chi connectivity index (χ1n) is 19.1. The van der Waals surface area contributed by atoms with Crippen LogP contribution in [0.5, 0.6) is 0 Å². The van der Waals surface area contributed by atoms with Gasteiger partial charge in [0.1, 0.15) is 6.61 Å². The predicted molar refractivity (Wildman–Crippen MR) is 176 cm³/mol. The zero-order valence-corrected chi connectivity index (χ0v) is 29.9. The summed E-state index contributed by atoms with van der Waals surface area (Å²) in [5, 5.41) is 12.3.